The smallest absolute Gasteiger partial charge is 0.186 e. The van der Waals surface area contributed by atoms with Crippen molar-refractivity contribution in [1.29, 1.82) is 0 Å². The van der Waals surface area contributed by atoms with Crippen molar-refractivity contribution in [2.45, 2.75) is 89.3 Å². The maximum Gasteiger partial charge on any atom is 0.186 e. The number of fused-ring (bicyclic) bond motifs is 3. The van der Waals surface area contributed by atoms with Crippen molar-refractivity contribution in [2.24, 2.45) is 16.8 Å². The maximum absolute atomic E-state index is 10.7. The quantitative estimate of drug-likeness (QED) is 0.580. The van der Waals surface area contributed by atoms with Gasteiger partial charge in [0.1, 0.15) is 18.0 Å². The minimum absolute atomic E-state index is 0.0919. The van der Waals surface area contributed by atoms with Crippen molar-refractivity contribution < 1.29 is 14.6 Å². The second kappa shape index (κ2) is 9.01. The van der Waals surface area contributed by atoms with Gasteiger partial charge in [-0.05, 0) is 81.1 Å². The number of rotatable bonds is 3. The normalized spacial score (nSPS) is 36.6. The molecule has 2 heterocycles. The fourth-order valence-corrected chi connectivity index (χ4v) is 6.33. The number of aliphatic imine (C=N–C) groups is 1. The van der Waals surface area contributed by atoms with Crippen molar-refractivity contribution in [3.63, 3.8) is 0 Å². The Balaban J connectivity index is 1.27. The van der Waals surface area contributed by atoms with E-state index in [1.54, 1.807) is 0 Å². The van der Waals surface area contributed by atoms with Crippen LogP contribution in [0.2, 0.25) is 0 Å². The van der Waals surface area contributed by atoms with Crippen LogP contribution in [0.25, 0.3) is 0 Å². The number of allylic oxidation sites excluding steroid dienone is 7. The highest BCUT2D eigenvalue weighted by atomic mass is 16.5. The van der Waals surface area contributed by atoms with Crippen LogP contribution in [-0.4, -0.2) is 41.5 Å². The third-order valence-corrected chi connectivity index (χ3v) is 8.00. The topological polar surface area (TPSA) is 63.1 Å². The van der Waals surface area contributed by atoms with Gasteiger partial charge in [0.2, 0.25) is 0 Å². The van der Waals surface area contributed by atoms with E-state index in [0.717, 1.165) is 62.2 Å². The average molecular weight is 461 g/mol. The van der Waals surface area contributed by atoms with E-state index in [4.69, 9.17) is 14.5 Å². The summed E-state index contributed by atoms with van der Waals surface area (Å²) in [6.45, 7) is 4.11. The molecule has 0 amide bonds. The molecule has 5 heteroatoms. The van der Waals surface area contributed by atoms with Crippen LogP contribution in [-0.2, 0) is 9.47 Å². The van der Waals surface area contributed by atoms with Gasteiger partial charge in [0.15, 0.2) is 5.90 Å². The molecule has 6 unspecified atom stereocenters. The molecule has 0 aromatic carbocycles. The number of aliphatic hydroxyl groups excluding tert-OH is 1. The lowest BCUT2D eigenvalue weighted by Gasteiger charge is -2.38. The maximum atomic E-state index is 10.7. The zero-order valence-electron chi connectivity index (χ0n) is 20.2. The number of ether oxygens (including phenoxy) is 2. The van der Waals surface area contributed by atoms with Crippen LogP contribution in [0.15, 0.2) is 75.6 Å². The van der Waals surface area contributed by atoms with Gasteiger partial charge in [0.25, 0.3) is 0 Å². The molecule has 0 bridgehead atoms. The third-order valence-electron chi connectivity index (χ3n) is 8.00. The molecule has 2 N–H and O–H groups in total. The molecule has 0 aromatic rings. The lowest BCUT2D eigenvalue weighted by atomic mass is 9.76. The second-order valence-corrected chi connectivity index (χ2v) is 10.7. The van der Waals surface area contributed by atoms with E-state index in [1.807, 2.05) is 0 Å². The largest absolute Gasteiger partial charge is 0.485 e. The number of hydrogen-bond donors (Lipinski definition) is 2. The molecule has 0 radical (unpaired) electrons. The summed E-state index contributed by atoms with van der Waals surface area (Å²) in [6.07, 6.45) is 22.2. The molecular formula is C29H36N2O3. The van der Waals surface area contributed by atoms with Gasteiger partial charge < -0.3 is 14.6 Å². The Labute approximate surface area is 202 Å². The first kappa shape index (κ1) is 22.1. The molecule has 0 saturated carbocycles. The Kier molecular flexibility index (Phi) is 5.86. The van der Waals surface area contributed by atoms with E-state index in [0.29, 0.717) is 11.8 Å². The van der Waals surface area contributed by atoms with Gasteiger partial charge in [-0.2, -0.15) is 0 Å². The fourth-order valence-electron chi connectivity index (χ4n) is 6.33. The molecule has 180 valence electrons. The molecule has 0 spiro atoms. The molecule has 34 heavy (non-hydrogen) atoms. The SMILES string of the molecule is CC(C)OC1=NC(C2=CCCCC2O)NC(C2C=C3C4=C(C=C5C=CC=CC5C4)OC3CC2)C1. The van der Waals surface area contributed by atoms with E-state index < -0.39 is 6.10 Å². The minimum Gasteiger partial charge on any atom is -0.485 e. The van der Waals surface area contributed by atoms with Crippen molar-refractivity contribution in [3.05, 3.63) is 70.6 Å². The number of nitrogens with zero attached hydrogens (tertiary/aromatic N) is 1. The predicted molar refractivity (Wildman–Crippen MR) is 134 cm³/mol. The van der Waals surface area contributed by atoms with Crippen molar-refractivity contribution in [2.75, 3.05) is 0 Å². The van der Waals surface area contributed by atoms with Crippen LogP contribution in [0.3, 0.4) is 0 Å². The summed E-state index contributed by atoms with van der Waals surface area (Å²) in [5, 5.41) is 14.5. The van der Waals surface area contributed by atoms with Gasteiger partial charge in [-0.25, -0.2) is 4.99 Å². The van der Waals surface area contributed by atoms with Gasteiger partial charge in [0.05, 0.1) is 12.2 Å². The second-order valence-electron chi connectivity index (χ2n) is 10.7. The van der Waals surface area contributed by atoms with Crippen LogP contribution in [0.4, 0.5) is 0 Å². The zero-order chi connectivity index (χ0) is 23.2. The van der Waals surface area contributed by atoms with Crippen LogP contribution < -0.4 is 5.32 Å². The van der Waals surface area contributed by atoms with Gasteiger partial charge in [-0.3, -0.25) is 5.32 Å². The Morgan fingerprint density at radius 2 is 2.09 bits per heavy atom. The van der Waals surface area contributed by atoms with Crippen molar-refractivity contribution >= 4 is 5.90 Å². The first-order chi connectivity index (χ1) is 16.5. The molecule has 0 saturated heterocycles. The van der Waals surface area contributed by atoms with Crippen LogP contribution in [0, 0.1) is 11.8 Å². The molecule has 6 rings (SSSR count). The standard InChI is InChI=1S/C29H36N2O3/c1-17(2)33-28-16-24(30-29(31-28)21-9-5-6-10-25(21)32)20-11-12-26-22(14-20)23-13-18-7-3-4-8-19(18)15-27(23)34-26/h3-4,7-9,14-15,17-18,20,24-26,29-30,32H,5-6,10-13,16H2,1-2H3. The molecular weight excluding hydrogens is 424 g/mol. The van der Waals surface area contributed by atoms with E-state index in [1.165, 1.54) is 16.7 Å². The van der Waals surface area contributed by atoms with Crippen LogP contribution >= 0.6 is 0 Å². The van der Waals surface area contributed by atoms with Crippen molar-refractivity contribution in [3.8, 4) is 0 Å². The van der Waals surface area contributed by atoms with E-state index >= 15 is 0 Å². The summed E-state index contributed by atoms with van der Waals surface area (Å²) in [6, 6.07) is 0.233. The highest BCUT2D eigenvalue weighted by molar-refractivity contribution is 5.78. The Hall–Kier alpha value is -2.37. The minimum atomic E-state index is -0.417. The Bertz CT molecular complexity index is 1060. The summed E-state index contributed by atoms with van der Waals surface area (Å²) < 4.78 is 12.5. The summed E-state index contributed by atoms with van der Waals surface area (Å²) in [5.74, 6) is 2.75. The highest BCUT2D eigenvalue weighted by Gasteiger charge is 2.41. The molecule has 2 aliphatic heterocycles. The zero-order valence-corrected chi connectivity index (χ0v) is 20.2. The van der Waals surface area contributed by atoms with Crippen LogP contribution in [0.5, 0.6) is 0 Å². The number of hydrogen-bond acceptors (Lipinski definition) is 5. The van der Waals surface area contributed by atoms with E-state index in [-0.39, 0.29) is 24.4 Å². The highest BCUT2D eigenvalue weighted by Crippen LogP contribution is 2.47. The molecule has 5 nitrogen and oxygen atoms in total. The van der Waals surface area contributed by atoms with E-state index in [9.17, 15) is 5.11 Å². The summed E-state index contributed by atoms with van der Waals surface area (Å²) >= 11 is 0. The molecule has 4 aliphatic carbocycles. The molecule has 0 aromatic heterocycles. The summed E-state index contributed by atoms with van der Waals surface area (Å²) in [4.78, 5) is 4.90. The predicted octanol–water partition coefficient (Wildman–Crippen LogP) is 5.03. The number of aliphatic hydroxyl groups is 1. The molecule has 6 atom stereocenters. The summed E-state index contributed by atoms with van der Waals surface area (Å²) in [7, 11) is 0. The Morgan fingerprint density at radius 1 is 1.18 bits per heavy atom. The first-order valence-corrected chi connectivity index (χ1v) is 13.1. The van der Waals surface area contributed by atoms with Gasteiger partial charge in [0, 0.05) is 24.0 Å². The van der Waals surface area contributed by atoms with E-state index in [2.05, 4.69) is 61.7 Å². The fraction of sp³-hybridized carbons (Fsp3) is 0.552. The summed E-state index contributed by atoms with van der Waals surface area (Å²) in [5.41, 5.74) is 5.17. The van der Waals surface area contributed by atoms with Crippen LogP contribution in [0.1, 0.15) is 58.8 Å². The average Bonchev–Trinajstić information content (AvgIpc) is 3.19. The molecule has 0 fully saturated rings. The lowest BCUT2D eigenvalue weighted by molar-refractivity contribution is 0.144. The first-order valence-electron chi connectivity index (χ1n) is 13.1. The third kappa shape index (κ3) is 4.14. The number of nitrogens with one attached hydrogen (secondary N) is 1. The Morgan fingerprint density at radius 3 is 2.94 bits per heavy atom. The van der Waals surface area contributed by atoms with Gasteiger partial charge >= 0.3 is 0 Å². The monoisotopic (exact) mass is 460 g/mol. The lowest BCUT2D eigenvalue weighted by Crippen LogP contribution is -2.50. The molecule has 6 aliphatic rings. The van der Waals surface area contributed by atoms with Gasteiger partial charge in [-0.1, -0.05) is 36.5 Å². The van der Waals surface area contributed by atoms with Gasteiger partial charge in [-0.15, -0.1) is 0 Å². The van der Waals surface area contributed by atoms with Crippen molar-refractivity contribution in [1.82, 2.24) is 5.32 Å².